The van der Waals surface area contributed by atoms with Gasteiger partial charge >= 0.3 is 0 Å². The second-order valence-corrected chi connectivity index (χ2v) is 8.56. The summed E-state index contributed by atoms with van der Waals surface area (Å²) >= 11 is 0. The maximum atomic E-state index is 13.6. The van der Waals surface area contributed by atoms with Crippen molar-refractivity contribution in [3.05, 3.63) is 35.8 Å². The van der Waals surface area contributed by atoms with E-state index < -0.39 is 0 Å². The third-order valence-corrected chi connectivity index (χ3v) is 7.22. The Labute approximate surface area is 165 Å². The summed E-state index contributed by atoms with van der Waals surface area (Å²) in [5, 5.41) is 8.15. The predicted octanol–water partition coefficient (Wildman–Crippen LogP) is 3.36. The number of nitrogens with one attached hydrogen (secondary N) is 3. The lowest BCUT2D eigenvalue weighted by molar-refractivity contribution is -0.125. The van der Waals surface area contributed by atoms with E-state index in [1.54, 1.807) is 12.1 Å². The summed E-state index contributed by atoms with van der Waals surface area (Å²) in [5.41, 5.74) is 2.41. The Balaban J connectivity index is 1.22. The molecular weight excluding hydrogens is 355 g/mol. The van der Waals surface area contributed by atoms with Crippen LogP contribution in [0, 0.1) is 17.2 Å². The van der Waals surface area contributed by atoms with Gasteiger partial charge < -0.3 is 20.4 Å². The van der Waals surface area contributed by atoms with Gasteiger partial charge in [-0.3, -0.25) is 4.99 Å². The van der Waals surface area contributed by atoms with Gasteiger partial charge in [0, 0.05) is 54.7 Å². The first-order valence-electron chi connectivity index (χ1n) is 10.6. The summed E-state index contributed by atoms with van der Waals surface area (Å²) in [6, 6.07) is 5.35. The molecule has 5 nitrogen and oxygen atoms in total. The lowest BCUT2D eigenvalue weighted by atomic mass is 9.54. The first-order valence-corrected chi connectivity index (χ1v) is 10.6. The number of benzene rings is 1. The van der Waals surface area contributed by atoms with Gasteiger partial charge in [0.2, 0.25) is 0 Å². The molecule has 5 rings (SSSR count). The van der Waals surface area contributed by atoms with Crippen LogP contribution in [0.2, 0.25) is 0 Å². The van der Waals surface area contributed by atoms with Crippen LogP contribution in [0.4, 0.5) is 4.39 Å². The van der Waals surface area contributed by atoms with Crippen molar-refractivity contribution < 1.29 is 9.13 Å². The lowest BCUT2D eigenvalue weighted by Crippen LogP contribution is -2.69. The second-order valence-electron chi connectivity index (χ2n) is 8.56. The Morgan fingerprint density at radius 2 is 2.21 bits per heavy atom. The Kier molecular flexibility index (Phi) is 4.54. The quantitative estimate of drug-likeness (QED) is 0.560. The highest BCUT2D eigenvalue weighted by atomic mass is 19.1. The Morgan fingerprint density at radius 3 is 3.04 bits per heavy atom. The summed E-state index contributed by atoms with van der Waals surface area (Å²) in [4.78, 5) is 7.68. The number of halogens is 1. The number of aliphatic imine (C=N–C) groups is 1. The lowest BCUT2D eigenvalue weighted by Gasteiger charge is -2.57. The molecule has 2 heterocycles. The molecule has 3 N–H and O–H groups in total. The van der Waals surface area contributed by atoms with Crippen LogP contribution in [0.15, 0.2) is 29.4 Å². The molecule has 2 aliphatic carbocycles. The summed E-state index contributed by atoms with van der Waals surface area (Å²) < 4.78 is 19.7. The van der Waals surface area contributed by atoms with Crippen LogP contribution in [-0.4, -0.2) is 43.3 Å². The van der Waals surface area contributed by atoms with Crippen molar-refractivity contribution in [2.45, 2.75) is 50.7 Å². The third kappa shape index (κ3) is 2.81. The molecular formula is C22H29FN4O. The van der Waals surface area contributed by atoms with E-state index in [2.05, 4.69) is 20.6 Å². The van der Waals surface area contributed by atoms with Crippen LogP contribution in [0.25, 0.3) is 10.9 Å². The van der Waals surface area contributed by atoms with E-state index in [-0.39, 0.29) is 5.82 Å². The molecule has 3 atom stereocenters. The molecule has 150 valence electrons. The average molecular weight is 384 g/mol. The van der Waals surface area contributed by atoms with E-state index in [4.69, 9.17) is 4.74 Å². The molecule has 1 aromatic carbocycles. The molecule has 3 aliphatic rings. The molecule has 0 amide bonds. The number of H-pyrrole nitrogens is 1. The van der Waals surface area contributed by atoms with E-state index in [0.717, 1.165) is 48.4 Å². The number of hydrogen-bond acceptors (Lipinski definition) is 2. The van der Waals surface area contributed by atoms with E-state index in [1.807, 2.05) is 13.2 Å². The van der Waals surface area contributed by atoms with Crippen LogP contribution < -0.4 is 10.6 Å². The Bertz CT molecular complexity index is 886. The highest BCUT2D eigenvalue weighted by Crippen LogP contribution is 2.60. The van der Waals surface area contributed by atoms with Gasteiger partial charge in [0.05, 0.1) is 6.10 Å². The normalized spacial score (nSPS) is 28.5. The molecule has 0 radical (unpaired) electrons. The van der Waals surface area contributed by atoms with Crippen LogP contribution in [0.1, 0.15) is 37.7 Å². The van der Waals surface area contributed by atoms with Crippen molar-refractivity contribution >= 4 is 16.9 Å². The number of fused-ring (bicyclic) bond motifs is 3. The zero-order valence-electron chi connectivity index (χ0n) is 16.4. The SMILES string of the molecule is CN=C(NCCc1c[nH]c2ccc(F)cc12)NC1C2CCOC2C12CCCC2. The largest absolute Gasteiger partial charge is 0.377 e. The summed E-state index contributed by atoms with van der Waals surface area (Å²) in [6.45, 7) is 1.66. The number of hydrogen-bond donors (Lipinski definition) is 3. The van der Waals surface area contributed by atoms with Crippen LogP contribution in [0.3, 0.4) is 0 Å². The second kappa shape index (κ2) is 7.07. The number of aromatic amines is 1. The maximum Gasteiger partial charge on any atom is 0.191 e. The monoisotopic (exact) mass is 384 g/mol. The average Bonchev–Trinajstić information content (AvgIpc) is 3.43. The molecule has 1 aromatic heterocycles. The summed E-state index contributed by atoms with van der Waals surface area (Å²) in [5.74, 6) is 1.29. The molecule has 6 heteroatoms. The zero-order valence-corrected chi connectivity index (χ0v) is 16.4. The van der Waals surface area contributed by atoms with Crippen LogP contribution in [0.5, 0.6) is 0 Å². The van der Waals surface area contributed by atoms with Gasteiger partial charge in [-0.05, 0) is 49.4 Å². The van der Waals surface area contributed by atoms with E-state index in [9.17, 15) is 4.39 Å². The Morgan fingerprint density at radius 1 is 1.36 bits per heavy atom. The molecule has 0 bridgehead atoms. The molecule has 1 spiro atoms. The van der Waals surface area contributed by atoms with Gasteiger partial charge in [-0.1, -0.05) is 12.8 Å². The standard InChI is InChI=1S/C22H29FN4O/c1-24-21(25-10-6-14-13-26-18-5-4-15(23)12-17(14)18)27-19-16-7-11-28-20(16)22(19)8-2-3-9-22/h4-5,12-13,16,19-20,26H,2-3,6-11H2,1H3,(H2,24,25,27). The number of aromatic nitrogens is 1. The molecule has 1 saturated heterocycles. The maximum absolute atomic E-state index is 13.6. The predicted molar refractivity (Wildman–Crippen MR) is 109 cm³/mol. The van der Waals surface area contributed by atoms with E-state index in [1.165, 1.54) is 31.7 Å². The molecule has 28 heavy (non-hydrogen) atoms. The number of ether oxygens (including phenoxy) is 1. The Hall–Kier alpha value is -2.08. The highest BCUT2D eigenvalue weighted by Gasteiger charge is 2.65. The van der Waals surface area contributed by atoms with Crippen molar-refractivity contribution in [2.24, 2.45) is 16.3 Å². The zero-order chi connectivity index (χ0) is 19.1. The minimum absolute atomic E-state index is 0.195. The topological polar surface area (TPSA) is 61.4 Å². The van der Waals surface area contributed by atoms with Gasteiger partial charge in [-0.2, -0.15) is 0 Å². The van der Waals surface area contributed by atoms with E-state index in [0.29, 0.717) is 23.5 Å². The summed E-state index contributed by atoms with van der Waals surface area (Å²) in [6.07, 6.45) is 9.56. The van der Waals surface area contributed by atoms with Gasteiger partial charge in [0.15, 0.2) is 5.96 Å². The van der Waals surface area contributed by atoms with Gasteiger partial charge in [0.25, 0.3) is 0 Å². The molecule has 3 fully saturated rings. The molecule has 1 aliphatic heterocycles. The number of rotatable bonds is 4. The summed E-state index contributed by atoms with van der Waals surface area (Å²) in [7, 11) is 1.83. The van der Waals surface area contributed by atoms with Crippen molar-refractivity contribution in [1.82, 2.24) is 15.6 Å². The van der Waals surface area contributed by atoms with Gasteiger partial charge in [0.1, 0.15) is 5.82 Å². The smallest absolute Gasteiger partial charge is 0.191 e. The number of nitrogens with zero attached hydrogens (tertiary/aromatic N) is 1. The minimum atomic E-state index is -0.195. The third-order valence-electron chi connectivity index (χ3n) is 7.22. The molecule has 2 aromatic rings. The van der Waals surface area contributed by atoms with Crippen LogP contribution in [-0.2, 0) is 11.2 Å². The van der Waals surface area contributed by atoms with Crippen molar-refractivity contribution in [3.8, 4) is 0 Å². The first-order chi connectivity index (χ1) is 13.7. The van der Waals surface area contributed by atoms with Crippen molar-refractivity contribution in [1.29, 1.82) is 0 Å². The van der Waals surface area contributed by atoms with Gasteiger partial charge in [-0.25, -0.2) is 4.39 Å². The number of guanidine groups is 1. The van der Waals surface area contributed by atoms with E-state index >= 15 is 0 Å². The fraction of sp³-hybridized carbons (Fsp3) is 0.591. The molecule has 3 unspecified atom stereocenters. The minimum Gasteiger partial charge on any atom is -0.377 e. The van der Waals surface area contributed by atoms with Crippen molar-refractivity contribution in [3.63, 3.8) is 0 Å². The fourth-order valence-electron chi connectivity index (χ4n) is 5.92. The van der Waals surface area contributed by atoms with Crippen LogP contribution >= 0.6 is 0 Å². The highest BCUT2D eigenvalue weighted by molar-refractivity contribution is 5.83. The molecule has 2 saturated carbocycles. The first kappa shape index (κ1) is 18.0. The van der Waals surface area contributed by atoms with Crippen molar-refractivity contribution in [2.75, 3.05) is 20.2 Å². The van der Waals surface area contributed by atoms with Gasteiger partial charge in [-0.15, -0.1) is 0 Å². The fourth-order valence-corrected chi connectivity index (χ4v) is 5.92.